The van der Waals surface area contributed by atoms with E-state index < -0.39 is 16.0 Å². The van der Waals surface area contributed by atoms with Crippen molar-refractivity contribution in [1.29, 1.82) is 0 Å². The van der Waals surface area contributed by atoms with Crippen molar-refractivity contribution in [3.05, 3.63) is 48.7 Å². The first-order valence-corrected chi connectivity index (χ1v) is 9.74. The fraction of sp³-hybridized carbons (Fsp3) is 0.211. The van der Waals surface area contributed by atoms with Crippen LogP contribution in [0.5, 0.6) is 11.5 Å². The van der Waals surface area contributed by atoms with Crippen molar-refractivity contribution in [2.75, 3.05) is 33.2 Å². The normalized spacial score (nSPS) is 11.2. The SMILES string of the molecule is COC(=O)CNc1cn(S(=O)(=O)c2ccc(OC)cc2)c2ccc(OC)cc12. The summed E-state index contributed by atoms with van der Waals surface area (Å²) in [5.41, 5.74) is 0.917. The average Bonchev–Trinajstić information content (AvgIpc) is 3.10. The van der Waals surface area contributed by atoms with Crippen LogP contribution in [0.1, 0.15) is 0 Å². The summed E-state index contributed by atoms with van der Waals surface area (Å²) in [4.78, 5) is 11.6. The number of nitrogens with zero attached hydrogens (tertiary/aromatic N) is 1. The van der Waals surface area contributed by atoms with Crippen LogP contribution in [-0.2, 0) is 19.6 Å². The Hall–Kier alpha value is -3.20. The van der Waals surface area contributed by atoms with E-state index in [-0.39, 0.29) is 11.4 Å². The number of aromatic nitrogens is 1. The summed E-state index contributed by atoms with van der Waals surface area (Å²) in [6, 6.07) is 11.1. The lowest BCUT2D eigenvalue weighted by Crippen LogP contribution is -2.15. The Labute approximate surface area is 162 Å². The third-order valence-electron chi connectivity index (χ3n) is 4.24. The van der Waals surface area contributed by atoms with Gasteiger partial charge < -0.3 is 19.5 Å². The first kappa shape index (κ1) is 19.6. The molecular formula is C19H20N2O6S. The summed E-state index contributed by atoms with van der Waals surface area (Å²) < 4.78 is 42.5. The van der Waals surface area contributed by atoms with Crippen LogP contribution in [0.2, 0.25) is 0 Å². The van der Waals surface area contributed by atoms with E-state index in [9.17, 15) is 13.2 Å². The molecule has 1 N–H and O–H groups in total. The van der Waals surface area contributed by atoms with E-state index in [4.69, 9.17) is 9.47 Å². The molecule has 1 heterocycles. The molecule has 0 radical (unpaired) electrons. The lowest BCUT2D eigenvalue weighted by atomic mass is 10.2. The molecule has 28 heavy (non-hydrogen) atoms. The van der Waals surface area contributed by atoms with Gasteiger partial charge in [-0.15, -0.1) is 0 Å². The predicted molar refractivity (Wildman–Crippen MR) is 105 cm³/mol. The molecule has 0 bridgehead atoms. The topological polar surface area (TPSA) is 95.9 Å². The largest absolute Gasteiger partial charge is 0.497 e. The molecule has 0 atom stereocenters. The maximum atomic E-state index is 13.2. The minimum Gasteiger partial charge on any atom is -0.497 e. The van der Waals surface area contributed by atoms with Crippen LogP contribution >= 0.6 is 0 Å². The van der Waals surface area contributed by atoms with Gasteiger partial charge in [-0.1, -0.05) is 0 Å². The van der Waals surface area contributed by atoms with E-state index in [2.05, 4.69) is 10.1 Å². The second-order valence-electron chi connectivity index (χ2n) is 5.83. The molecule has 0 unspecified atom stereocenters. The van der Waals surface area contributed by atoms with Crippen LogP contribution in [0.3, 0.4) is 0 Å². The van der Waals surface area contributed by atoms with Crippen molar-refractivity contribution in [2.24, 2.45) is 0 Å². The van der Waals surface area contributed by atoms with Gasteiger partial charge in [0.15, 0.2) is 0 Å². The fourth-order valence-corrected chi connectivity index (χ4v) is 4.12. The minimum atomic E-state index is -3.87. The molecular weight excluding hydrogens is 384 g/mol. The number of esters is 1. The van der Waals surface area contributed by atoms with Gasteiger partial charge in [-0.25, -0.2) is 12.4 Å². The minimum absolute atomic E-state index is 0.102. The van der Waals surface area contributed by atoms with Crippen molar-refractivity contribution >= 4 is 32.6 Å². The first-order valence-electron chi connectivity index (χ1n) is 8.30. The van der Waals surface area contributed by atoms with Crippen LogP contribution < -0.4 is 14.8 Å². The third kappa shape index (κ3) is 3.61. The maximum absolute atomic E-state index is 13.2. The zero-order chi connectivity index (χ0) is 20.3. The third-order valence-corrected chi connectivity index (χ3v) is 5.93. The van der Waals surface area contributed by atoms with E-state index in [1.54, 1.807) is 30.3 Å². The molecule has 0 aliphatic carbocycles. The summed E-state index contributed by atoms with van der Waals surface area (Å²) in [7, 11) is 0.444. The lowest BCUT2D eigenvalue weighted by Gasteiger charge is -2.08. The summed E-state index contributed by atoms with van der Waals surface area (Å²) in [6.45, 7) is -0.102. The zero-order valence-corrected chi connectivity index (χ0v) is 16.4. The van der Waals surface area contributed by atoms with Crippen LogP contribution in [0.4, 0.5) is 5.69 Å². The van der Waals surface area contributed by atoms with Crippen LogP contribution in [0, 0.1) is 0 Å². The standard InChI is InChI=1S/C19H20N2O6S/c1-25-13-4-7-15(8-5-13)28(23,24)21-12-17(20-11-19(22)27-3)16-10-14(26-2)6-9-18(16)21/h4-10,12,20H,11H2,1-3H3. The first-order chi connectivity index (χ1) is 13.4. The Morgan fingerprint density at radius 2 is 1.64 bits per heavy atom. The van der Waals surface area contributed by atoms with Crippen LogP contribution in [0.15, 0.2) is 53.6 Å². The second kappa shape index (κ2) is 7.81. The molecule has 9 heteroatoms. The number of ether oxygens (including phenoxy) is 3. The number of benzene rings is 2. The van der Waals surface area contributed by atoms with Crippen molar-refractivity contribution in [3.63, 3.8) is 0 Å². The summed E-state index contributed by atoms with van der Waals surface area (Å²) in [5.74, 6) is 0.650. The Morgan fingerprint density at radius 3 is 2.25 bits per heavy atom. The molecule has 0 fully saturated rings. The molecule has 0 amide bonds. The highest BCUT2D eigenvalue weighted by molar-refractivity contribution is 7.90. The Bertz CT molecular complexity index is 1100. The highest BCUT2D eigenvalue weighted by Crippen LogP contribution is 2.32. The molecule has 8 nitrogen and oxygen atoms in total. The summed E-state index contributed by atoms with van der Waals surface area (Å²) in [6.07, 6.45) is 1.44. The predicted octanol–water partition coefficient (Wildman–Crippen LogP) is 2.48. The number of nitrogens with one attached hydrogen (secondary N) is 1. The number of anilines is 1. The molecule has 3 rings (SSSR count). The Morgan fingerprint density at radius 1 is 1.00 bits per heavy atom. The monoisotopic (exact) mass is 404 g/mol. The zero-order valence-electron chi connectivity index (χ0n) is 15.6. The molecule has 0 spiro atoms. The van der Waals surface area contributed by atoms with Gasteiger partial charge in [0.25, 0.3) is 10.0 Å². The molecule has 1 aromatic heterocycles. The van der Waals surface area contributed by atoms with Crippen LogP contribution in [0.25, 0.3) is 10.9 Å². The van der Waals surface area contributed by atoms with E-state index in [0.717, 1.165) is 0 Å². The highest BCUT2D eigenvalue weighted by Gasteiger charge is 2.22. The van der Waals surface area contributed by atoms with E-state index >= 15 is 0 Å². The number of rotatable bonds is 7. The second-order valence-corrected chi connectivity index (χ2v) is 7.65. The number of hydrogen-bond acceptors (Lipinski definition) is 7. The number of carbonyl (C=O) groups is 1. The number of fused-ring (bicyclic) bond motifs is 1. The van der Waals surface area contributed by atoms with Crippen molar-refractivity contribution < 1.29 is 27.4 Å². The fourth-order valence-electron chi connectivity index (χ4n) is 2.75. The molecule has 3 aromatic rings. The van der Waals surface area contributed by atoms with Crippen molar-refractivity contribution in [3.8, 4) is 11.5 Å². The van der Waals surface area contributed by atoms with Crippen molar-refractivity contribution in [2.45, 2.75) is 4.90 Å². The maximum Gasteiger partial charge on any atom is 0.325 e. The Balaban J connectivity index is 2.12. The van der Waals surface area contributed by atoms with E-state index in [0.29, 0.717) is 28.1 Å². The molecule has 148 valence electrons. The Kier molecular flexibility index (Phi) is 5.46. The lowest BCUT2D eigenvalue weighted by molar-refractivity contribution is -0.138. The number of hydrogen-bond donors (Lipinski definition) is 1. The quantitative estimate of drug-likeness (QED) is 0.605. The molecule has 0 saturated heterocycles. The van der Waals surface area contributed by atoms with Gasteiger partial charge in [0.05, 0.1) is 37.4 Å². The molecule has 0 aliphatic heterocycles. The van der Waals surface area contributed by atoms with Gasteiger partial charge in [0.1, 0.15) is 18.0 Å². The molecule has 0 aliphatic rings. The summed E-state index contributed by atoms with van der Waals surface area (Å²) >= 11 is 0. The molecule has 0 saturated carbocycles. The molecule has 2 aromatic carbocycles. The van der Waals surface area contributed by atoms with Crippen molar-refractivity contribution in [1.82, 2.24) is 3.97 Å². The van der Waals surface area contributed by atoms with Gasteiger partial charge in [0, 0.05) is 11.6 Å². The van der Waals surface area contributed by atoms with Gasteiger partial charge in [0.2, 0.25) is 0 Å². The van der Waals surface area contributed by atoms with E-state index in [1.807, 2.05) is 0 Å². The average molecular weight is 404 g/mol. The summed E-state index contributed by atoms with van der Waals surface area (Å²) in [5, 5.41) is 3.51. The number of methoxy groups -OCH3 is 3. The smallest absolute Gasteiger partial charge is 0.325 e. The van der Waals surface area contributed by atoms with Crippen LogP contribution in [-0.4, -0.2) is 46.2 Å². The number of carbonyl (C=O) groups excluding carboxylic acids is 1. The van der Waals surface area contributed by atoms with Gasteiger partial charge in [-0.2, -0.15) is 0 Å². The van der Waals surface area contributed by atoms with Gasteiger partial charge in [-0.05, 0) is 42.5 Å². The van der Waals surface area contributed by atoms with Gasteiger partial charge in [-0.3, -0.25) is 4.79 Å². The van der Waals surface area contributed by atoms with E-state index in [1.165, 1.54) is 43.6 Å². The van der Waals surface area contributed by atoms with Gasteiger partial charge >= 0.3 is 5.97 Å². The highest BCUT2D eigenvalue weighted by atomic mass is 32.2.